The van der Waals surface area contributed by atoms with Crippen molar-refractivity contribution in [2.45, 2.75) is 0 Å². The number of halogens is 2. The van der Waals surface area contributed by atoms with E-state index >= 15 is 0 Å². The second kappa shape index (κ2) is 8.00. The normalized spacial score (nSPS) is 10.8. The van der Waals surface area contributed by atoms with Gasteiger partial charge in [-0.05, 0) is 48.5 Å². The van der Waals surface area contributed by atoms with Crippen LogP contribution >= 0.6 is 27.5 Å². The highest BCUT2D eigenvalue weighted by Crippen LogP contribution is 2.27. The number of carbonyl (C=O) groups is 1. The first-order chi connectivity index (χ1) is 13.6. The average molecular weight is 458 g/mol. The Morgan fingerprint density at radius 2 is 1.71 bits per heavy atom. The highest BCUT2D eigenvalue weighted by Gasteiger charge is 2.12. The van der Waals surface area contributed by atoms with Gasteiger partial charge in [-0.1, -0.05) is 45.7 Å². The number of hydrogen-bond acceptors (Lipinski definition) is 4. The molecule has 0 aliphatic carbocycles. The maximum atomic E-state index is 12.2. The molecule has 0 aliphatic rings. The first-order valence-corrected chi connectivity index (χ1v) is 9.56. The van der Waals surface area contributed by atoms with Gasteiger partial charge in [0, 0.05) is 4.47 Å². The van der Waals surface area contributed by atoms with Crippen molar-refractivity contribution < 1.29 is 9.53 Å². The lowest BCUT2D eigenvalue weighted by Gasteiger charge is -2.08. The summed E-state index contributed by atoms with van der Waals surface area (Å²) in [5, 5.41) is 12.0. The molecule has 1 aromatic heterocycles. The summed E-state index contributed by atoms with van der Waals surface area (Å²) in [7, 11) is 0. The van der Waals surface area contributed by atoms with Gasteiger partial charge in [0.05, 0.1) is 16.4 Å². The Hall–Kier alpha value is -2.90. The van der Waals surface area contributed by atoms with E-state index in [0.717, 1.165) is 10.2 Å². The zero-order valence-corrected chi connectivity index (χ0v) is 16.8. The quantitative estimate of drug-likeness (QED) is 0.465. The van der Waals surface area contributed by atoms with Crippen LogP contribution in [0.4, 0.5) is 5.69 Å². The zero-order valence-electron chi connectivity index (χ0n) is 14.5. The summed E-state index contributed by atoms with van der Waals surface area (Å²) in [5.41, 5.74) is 2.55. The number of amides is 1. The number of anilines is 1. The van der Waals surface area contributed by atoms with Crippen LogP contribution in [0.25, 0.3) is 16.7 Å². The molecule has 0 saturated heterocycles. The van der Waals surface area contributed by atoms with Crippen LogP contribution in [0.2, 0.25) is 5.02 Å². The number of nitrogens with zero attached hydrogens (tertiary/aromatic N) is 3. The van der Waals surface area contributed by atoms with Crippen molar-refractivity contribution in [2.24, 2.45) is 0 Å². The Bertz CT molecular complexity index is 1130. The number of para-hydroxylation sites is 1. The van der Waals surface area contributed by atoms with Crippen molar-refractivity contribution >= 4 is 50.2 Å². The highest BCUT2D eigenvalue weighted by molar-refractivity contribution is 9.10. The van der Waals surface area contributed by atoms with E-state index in [1.54, 1.807) is 24.3 Å². The molecule has 140 valence electrons. The third kappa shape index (κ3) is 4.16. The standard InChI is InChI=1S/C20H14BrClN4O2/c21-13-6-8-15(9-7-13)28-12-20(27)23-17-11-19-18(10-16(17)22)24-26(25-19)14-4-2-1-3-5-14/h1-11H,12H2,(H,23,27). The molecule has 28 heavy (non-hydrogen) atoms. The summed E-state index contributed by atoms with van der Waals surface area (Å²) in [5.74, 6) is 0.283. The molecular formula is C20H14BrClN4O2. The number of fused-ring (bicyclic) bond motifs is 1. The molecule has 0 atom stereocenters. The smallest absolute Gasteiger partial charge is 0.262 e. The number of rotatable bonds is 5. The van der Waals surface area contributed by atoms with E-state index in [1.807, 2.05) is 42.5 Å². The predicted octanol–water partition coefficient (Wildman–Crippen LogP) is 4.85. The van der Waals surface area contributed by atoms with Crippen molar-refractivity contribution in [2.75, 3.05) is 11.9 Å². The van der Waals surface area contributed by atoms with Gasteiger partial charge < -0.3 is 10.1 Å². The lowest BCUT2D eigenvalue weighted by molar-refractivity contribution is -0.118. The van der Waals surface area contributed by atoms with Crippen LogP contribution in [-0.2, 0) is 4.79 Å². The number of hydrogen-bond donors (Lipinski definition) is 1. The monoisotopic (exact) mass is 456 g/mol. The second-order valence-corrected chi connectivity index (χ2v) is 7.26. The van der Waals surface area contributed by atoms with Crippen LogP contribution < -0.4 is 10.1 Å². The van der Waals surface area contributed by atoms with Gasteiger partial charge in [-0.2, -0.15) is 4.80 Å². The maximum Gasteiger partial charge on any atom is 0.262 e. The summed E-state index contributed by atoms with van der Waals surface area (Å²) in [4.78, 5) is 13.8. The number of ether oxygens (including phenoxy) is 1. The largest absolute Gasteiger partial charge is 0.484 e. The van der Waals surface area contributed by atoms with E-state index in [4.69, 9.17) is 16.3 Å². The molecule has 1 amide bonds. The Kier molecular flexibility index (Phi) is 5.27. The first-order valence-electron chi connectivity index (χ1n) is 8.39. The fraction of sp³-hybridized carbons (Fsp3) is 0.0500. The molecule has 0 aliphatic heterocycles. The third-order valence-corrected chi connectivity index (χ3v) is 4.76. The minimum absolute atomic E-state index is 0.132. The van der Waals surface area contributed by atoms with Gasteiger partial charge >= 0.3 is 0 Å². The fourth-order valence-corrected chi connectivity index (χ4v) is 3.05. The SMILES string of the molecule is O=C(COc1ccc(Br)cc1)Nc1cc2nn(-c3ccccc3)nc2cc1Cl. The van der Waals surface area contributed by atoms with E-state index in [2.05, 4.69) is 31.4 Å². The van der Waals surface area contributed by atoms with E-state index in [9.17, 15) is 4.79 Å². The molecule has 6 nitrogen and oxygen atoms in total. The minimum atomic E-state index is -0.320. The molecule has 8 heteroatoms. The van der Waals surface area contributed by atoms with Crippen molar-refractivity contribution in [3.8, 4) is 11.4 Å². The van der Waals surface area contributed by atoms with Crippen LogP contribution in [0.5, 0.6) is 5.75 Å². The Morgan fingerprint density at radius 1 is 1.04 bits per heavy atom. The van der Waals surface area contributed by atoms with E-state index < -0.39 is 0 Å². The minimum Gasteiger partial charge on any atom is -0.484 e. The third-order valence-electron chi connectivity index (χ3n) is 3.91. The molecule has 4 rings (SSSR count). The molecule has 0 radical (unpaired) electrons. The van der Waals surface area contributed by atoms with Crippen molar-refractivity contribution in [1.82, 2.24) is 15.0 Å². The van der Waals surface area contributed by atoms with Gasteiger partial charge in [-0.15, -0.1) is 10.2 Å². The van der Waals surface area contributed by atoms with Crippen molar-refractivity contribution in [3.05, 3.63) is 76.2 Å². The van der Waals surface area contributed by atoms with Gasteiger partial charge in [0.25, 0.3) is 5.91 Å². The fourth-order valence-electron chi connectivity index (χ4n) is 2.58. The summed E-state index contributed by atoms with van der Waals surface area (Å²) in [6.45, 7) is -0.132. The van der Waals surface area contributed by atoms with Crippen LogP contribution in [-0.4, -0.2) is 27.5 Å². The van der Waals surface area contributed by atoms with Crippen LogP contribution in [0.1, 0.15) is 0 Å². The molecule has 0 spiro atoms. The Labute approximate surface area is 174 Å². The molecule has 0 fully saturated rings. The molecule has 3 aromatic carbocycles. The molecule has 4 aromatic rings. The predicted molar refractivity (Wildman–Crippen MR) is 112 cm³/mol. The summed E-state index contributed by atoms with van der Waals surface area (Å²) >= 11 is 9.65. The zero-order chi connectivity index (χ0) is 19.5. The van der Waals surface area contributed by atoms with E-state index in [1.165, 1.54) is 4.80 Å². The Morgan fingerprint density at radius 3 is 2.43 bits per heavy atom. The number of nitrogens with one attached hydrogen (secondary N) is 1. The van der Waals surface area contributed by atoms with Gasteiger partial charge in [0.2, 0.25) is 0 Å². The number of benzene rings is 3. The number of aromatic nitrogens is 3. The molecule has 1 N–H and O–H groups in total. The molecule has 0 bridgehead atoms. The van der Waals surface area contributed by atoms with E-state index in [0.29, 0.717) is 27.5 Å². The molecule has 0 unspecified atom stereocenters. The van der Waals surface area contributed by atoms with Crippen molar-refractivity contribution in [1.29, 1.82) is 0 Å². The highest BCUT2D eigenvalue weighted by atomic mass is 79.9. The number of carbonyl (C=O) groups excluding carboxylic acids is 1. The van der Waals surface area contributed by atoms with Gasteiger partial charge in [0.15, 0.2) is 6.61 Å². The Balaban J connectivity index is 1.49. The van der Waals surface area contributed by atoms with Crippen molar-refractivity contribution in [3.63, 3.8) is 0 Å². The maximum absolute atomic E-state index is 12.2. The summed E-state index contributed by atoms with van der Waals surface area (Å²) in [6, 6.07) is 20.2. The average Bonchev–Trinajstić information content (AvgIpc) is 3.11. The van der Waals surface area contributed by atoms with Crippen LogP contribution in [0.15, 0.2) is 71.2 Å². The first kappa shape index (κ1) is 18.5. The summed E-state index contributed by atoms with van der Waals surface area (Å²) in [6.07, 6.45) is 0. The summed E-state index contributed by atoms with van der Waals surface area (Å²) < 4.78 is 6.41. The molecule has 1 heterocycles. The van der Waals surface area contributed by atoms with Gasteiger partial charge in [-0.3, -0.25) is 4.79 Å². The van der Waals surface area contributed by atoms with Crippen LogP contribution in [0.3, 0.4) is 0 Å². The topological polar surface area (TPSA) is 69.0 Å². The lowest BCUT2D eigenvalue weighted by atomic mass is 10.2. The van der Waals surface area contributed by atoms with Gasteiger partial charge in [0.1, 0.15) is 16.8 Å². The molecular weight excluding hydrogens is 444 g/mol. The van der Waals surface area contributed by atoms with Crippen LogP contribution in [0, 0.1) is 0 Å². The molecule has 0 saturated carbocycles. The second-order valence-electron chi connectivity index (χ2n) is 5.94. The van der Waals surface area contributed by atoms with E-state index in [-0.39, 0.29) is 12.5 Å². The lowest BCUT2D eigenvalue weighted by Crippen LogP contribution is -2.20. The van der Waals surface area contributed by atoms with Gasteiger partial charge in [-0.25, -0.2) is 0 Å².